The second kappa shape index (κ2) is 6.89. The first-order valence-corrected chi connectivity index (χ1v) is 6.96. The molecule has 1 N–H and O–H groups in total. The topological polar surface area (TPSA) is 73.2 Å². The van der Waals surface area contributed by atoms with Crippen molar-refractivity contribution < 1.29 is 9.53 Å². The van der Waals surface area contributed by atoms with Crippen molar-refractivity contribution in [3.05, 3.63) is 58.3 Å². The molecule has 6 heteroatoms. The number of rotatable bonds is 5. The maximum Gasteiger partial charge on any atom is 0.347 e. The molecule has 0 saturated heterocycles. The molecule has 1 unspecified atom stereocenters. The fourth-order valence-corrected chi connectivity index (χ4v) is 2.22. The maximum atomic E-state index is 12.1. The number of nitrogens with zero attached hydrogens (tertiary/aromatic N) is 2. The van der Waals surface area contributed by atoms with Crippen LogP contribution in [0, 0.1) is 6.92 Å². The second-order valence-electron chi connectivity index (χ2n) is 5.06. The lowest BCUT2D eigenvalue weighted by molar-refractivity contribution is -0.122. The van der Waals surface area contributed by atoms with Crippen LogP contribution in [0.3, 0.4) is 0 Å². The van der Waals surface area contributed by atoms with Gasteiger partial charge in [0.1, 0.15) is 12.3 Å². The van der Waals surface area contributed by atoms with Crippen LogP contribution in [0.15, 0.2) is 41.5 Å². The average Bonchev–Trinajstić information content (AvgIpc) is 2.49. The highest BCUT2D eigenvalue weighted by Gasteiger charge is 2.14. The molecule has 116 valence electrons. The molecule has 0 aliphatic carbocycles. The Hall–Kier alpha value is -2.63. The zero-order valence-corrected chi connectivity index (χ0v) is 12.9. The molecule has 1 aromatic heterocycles. The van der Waals surface area contributed by atoms with Crippen molar-refractivity contribution in [3.63, 3.8) is 0 Å². The van der Waals surface area contributed by atoms with Gasteiger partial charge in [-0.15, -0.1) is 0 Å². The minimum Gasteiger partial charge on any atom is -0.496 e. The third kappa shape index (κ3) is 3.72. The summed E-state index contributed by atoms with van der Waals surface area (Å²) in [5.74, 6) is 0.461. The van der Waals surface area contributed by atoms with Crippen LogP contribution in [0.2, 0.25) is 0 Å². The Balaban J connectivity index is 2.10. The number of hydrogen-bond donors (Lipinski definition) is 1. The first kappa shape index (κ1) is 15.8. The van der Waals surface area contributed by atoms with Crippen molar-refractivity contribution in [2.24, 2.45) is 0 Å². The summed E-state index contributed by atoms with van der Waals surface area (Å²) in [4.78, 5) is 27.2. The number of amides is 1. The van der Waals surface area contributed by atoms with Crippen LogP contribution >= 0.6 is 0 Å². The minimum absolute atomic E-state index is 0.0643. The van der Waals surface area contributed by atoms with Gasteiger partial charge in [0.15, 0.2) is 0 Å². The molecule has 22 heavy (non-hydrogen) atoms. The highest BCUT2D eigenvalue weighted by molar-refractivity contribution is 5.76. The molecular formula is C16H19N3O3. The second-order valence-corrected chi connectivity index (χ2v) is 5.06. The molecule has 1 heterocycles. The van der Waals surface area contributed by atoms with Gasteiger partial charge in [0.25, 0.3) is 0 Å². The van der Waals surface area contributed by atoms with Gasteiger partial charge in [0, 0.05) is 18.0 Å². The zero-order valence-electron chi connectivity index (χ0n) is 12.9. The van der Waals surface area contributed by atoms with E-state index >= 15 is 0 Å². The summed E-state index contributed by atoms with van der Waals surface area (Å²) in [6.45, 7) is 3.79. The monoisotopic (exact) mass is 301 g/mol. The lowest BCUT2D eigenvalue weighted by Gasteiger charge is -2.18. The molecule has 0 spiro atoms. The van der Waals surface area contributed by atoms with Crippen LogP contribution in [0.4, 0.5) is 0 Å². The number of aryl methyl sites for hydroxylation is 1. The SMILES string of the molecule is COc1ccc(C)cc1C(C)NC(=O)Cn1cccnc1=O. The van der Waals surface area contributed by atoms with Crippen molar-refractivity contribution in [1.29, 1.82) is 0 Å². The van der Waals surface area contributed by atoms with Crippen molar-refractivity contribution in [1.82, 2.24) is 14.9 Å². The molecule has 2 aromatic rings. The summed E-state index contributed by atoms with van der Waals surface area (Å²) >= 11 is 0. The summed E-state index contributed by atoms with van der Waals surface area (Å²) in [7, 11) is 1.60. The van der Waals surface area contributed by atoms with E-state index < -0.39 is 5.69 Å². The molecule has 2 rings (SSSR count). The van der Waals surface area contributed by atoms with Gasteiger partial charge in [-0.2, -0.15) is 0 Å². The van der Waals surface area contributed by atoms with E-state index in [9.17, 15) is 9.59 Å². The summed E-state index contributed by atoms with van der Waals surface area (Å²) < 4.78 is 6.58. The summed E-state index contributed by atoms with van der Waals surface area (Å²) in [5, 5.41) is 2.87. The minimum atomic E-state index is -0.446. The van der Waals surface area contributed by atoms with Crippen LogP contribution in [0.5, 0.6) is 5.75 Å². The van der Waals surface area contributed by atoms with E-state index in [0.29, 0.717) is 0 Å². The number of carbonyl (C=O) groups is 1. The predicted octanol–water partition coefficient (Wildman–Crippen LogP) is 1.44. The van der Waals surface area contributed by atoms with Gasteiger partial charge in [0.05, 0.1) is 13.2 Å². The number of methoxy groups -OCH3 is 1. The number of hydrogen-bond acceptors (Lipinski definition) is 4. The molecule has 1 amide bonds. The fourth-order valence-electron chi connectivity index (χ4n) is 2.22. The molecule has 0 radical (unpaired) electrons. The quantitative estimate of drug-likeness (QED) is 0.907. The van der Waals surface area contributed by atoms with Gasteiger partial charge in [-0.05, 0) is 26.0 Å². The smallest absolute Gasteiger partial charge is 0.347 e. The molecule has 1 aromatic carbocycles. The first-order chi connectivity index (χ1) is 10.5. The van der Waals surface area contributed by atoms with E-state index in [2.05, 4.69) is 10.3 Å². The number of carbonyl (C=O) groups excluding carboxylic acids is 1. The number of benzene rings is 1. The van der Waals surface area contributed by atoms with Crippen molar-refractivity contribution >= 4 is 5.91 Å². The maximum absolute atomic E-state index is 12.1. The Bertz CT molecular complexity index is 725. The Morgan fingerprint density at radius 1 is 1.45 bits per heavy atom. The van der Waals surface area contributed by atoms with E-state index in [-0.39, 0.29) is 18.5 Å². The molecule has 0 aliphatic rings. The van der Waals surface area contributed by atoms with E-state index in [4.69, 9.17) is 4.74 Å². The summed E-state index contributed by atoms with van der Waals surface area (Å²) in [6, 6.07) is 7.18. The molecular weight excluding hydrogens is 282 g/mol. The fraction of sp³-hybridized carbons (Fsp3) is 0.312. The van der Waals surface area contributed by atoms with E-state index in [1.54, 1.807) is 13.2 Å². The van der Waals surface area contributed by atoms with Gasteiger partial charge in [-0.1, -0.05) is 17.7 Å². The van der Waals surface area contributed by atoms with Crippen LogP contribution in [0.1, 0.15) is 24.1 Å². The lowest BCUT2D eigenvalue weighted by Crippen LogP contribution is -2.34. The van der Waals surface area contributed by atoms with Crippen LogP contribution in [0.25, 0.3) is 0 Å². The van der Waals surface area contributed by atoms with Gasteiger partial charge in [-0.25, -0.2) is 9.78 Å². The number of ether oxygens (including phenoxy) is 1. The first-order valence-electron chi connectivity index (χ1n) is 6.96. The number of nitrogens with one attached hydrogen (secondary N) is 1. The van der Waals surface area contributed by atoms with Gasteiger partial charge < -0.3 is 10.1 Å². The highest BCUT2D eigenvalue weighted by atomic mass is 16.5. The highest BCUT2D eigenvalue weighted by Crippen LogP contribution is 2.25. The van der Waals surface area contributed by atoms with E-state index in [1.165, 1.54) is 17.0 Å². The summed E-state index contributed by atoms with van der Waals surface area (Å²) in [5.41, 5.74) is 1.54. The normalized spacial score (nSPS) is 11.8. The summed E-state index contributed by atoms with van der Waals surface area (Å²) in [6.07, 6.45) is 2.93. The van der Waals surface area contributed by atoms with Crippen molar-refractivity contribution in [2.45, 2.75) is 26.4 Å². The van der Waals surface area contributed by atoms with Crippen LogP contribution < -0.4 is 15.7 Å². The molecule has 1 atom stereocenters. The molecule has 0 bridgehead atoms. The third-order valence-corrected chi connectivity index (χ3v) is 3.33. The number of aromatic nitrogens is 2. The van der Waals surface area contributed by atoms with E-state index in [0.717, 1.165) is 16.9 Å². The largest absolute Gasteiger partial charge is 0.496 e. The molecule has 0 aliphatic heterocycles. The van der Waals surface area contributed by atoms with Crippen molar-refractivity contribution in [2.75, 3.05) is 7.11 Å². The predicted molar refractivity (Wildman–Crippen MR) is 82.8 cm³/mol. The van der Waals surface area contributed by atoms with Crippen molar-refractivity contribution in [3.8, 4) is 5.75 Å². The Morgan fingerprint density at radius 3 is 2.91 bits per heavy atom. The average molecular weight is 301 g/mol. The zero-order chi connectivity index (χ0) is 16.1. The van der Waals surface area contributed by atoms with Crippen LogP contribution in [-0.2, 0) is 11.3 Å². The van der Waals surface area contributed by atoms with Gasteiger partial charge in [-0.3, -0.25) is 9.36 Å². The Morgan fingerprint density at radius 2 is 2.23 bits per heavy atom. The Kier molecular flexibility index (Phi) is 4.93. The third-order valence-electron chi connectivity index (χ3n) is 3.33. The molecule has 0 fully saturated rings. The van der Waals surface area contributed by atoms with E-state index in [1.807, 2.05) is 32.0 Å². The van der Waals surface area contributed by atoms with Gasteiger partial charge in [0.2, 0.25) is 5.91 Å². The molecule has 6 nitrogen and oxygen atoms in total. The lowest BCUT2D eigenvalue weighted by atomic mass is 10.0. The Labute approximate surface area is 128 Å². The van der Waals surface area contributed by atoms with Crippen LogP contribution in [-0.4, -0.2) is 22.6 Å². The standard InChI is InChI=1S/C16H19N3O3/c1-11-5-6-14(22-3)13(9-11)12(2)18-15(20)10-19-8-4-7-17-16(19)21/h4-9,12H,10H2,1-3H3,(H,18,20). The van der Waals surface area contributed by atoms with Gasteiger partial charge >= 0.3 is 5.69 Å². The molecule has 0 saturated carbocycles.